The zero-order valence-corrected chi connectivity index (χ0v) is 44.1. The monoisotopic (exact) mass is 905 g/mol. The minimum atomic E-state index is -0.763. The van der Waals surface area contributed by atoms with Crippen LogP contribution < -0.4 is 0 Å². The number of esters is 3. The summed E-state index contributed by atoms with van der Waals surface area (Å²) < 4.78 is 16.9. The molecule has 0 N–H and O–H groups in total. The highest BCUT2D eigenvalue weighted by Crippen LogP contribution is 2.18. The van der Waals surface area contributed by atoms with Gasteiger partial charge < -0.3 is 14.2 Å². The molecule has 0 saturated carbocycles. The van der Waals surface area contributed by atoms with Crippen LogP contribution in [0.4, 0.5) is 0 Å². The van der Waals surface area contributed by atoms with Crippen LogP contribution in [0.5, 0.6) is 0 Å². The van der Waals surface area contributed by atoms with E-state index >= 15 is 0 Å². The zero-order chi connectivity index (χ0) is 47.0. The van der Waals surface area contributed by atoms with Gasteiger partial charge in [-0.2, -0.15) is 0 Å². The van der Waals surface area contributed by atoms with Crippen LogP contribution in [0.1, 0.15) is 318 Å². The second-order valence-electron chi connectivity index (χ2n) is 21.4. The summed E-state index contributed by atoms with van der Waals surface area (Å²) in [5.41, 5.74) is 0. The van der Waals surface area contributed by atoms with Crippen LogP contribution in [0.25, 0.3) is 0 Å². The lowest BCUT2D eigenvalue weighted by atomic mass is 10.0. The number of unbranched alkanes of at least 4 members (excludes halogenated alkanes) is 34. The molecule has 0 bridgehead atoms. The van der Waals surface area contributed by atoms with Gasteiger partial charge >= 0.3 is 17.9 Å². The molecule has 0 aromatic rings. The summed E-state index contributed by atoms with van der Waals surface area (Å²) in [6.45, 7) is 13.7. The Kier molecular flexibility index (Phi) is 48.1. The maximum absolute atomic E-state index is 12.9. The van der Waals surface area contributed by atoms with Gasteiger partial charge in [0, 0.05) is 19.3 Å². The molecular formula is C58H112O6. The van der Waals surface area contributed by atoms with Crippen molar-refractivity contribution in [2.24, 2.45) is 17.8 Å². The molecule has 0 saturated heterocycles. The van der Waals surface area contributed by atoms with E-state index in [1.54, 1.807) is 0 Å². The van der Waals surface area contributed by atoms with Crippen LogP contribution in [0.3, 0.4) is 0 Å². The lowest BCUT2D eigenvalue weighted by Gasteiger charge is -2.18. The molecule has 0 aromatic carbocycles. The van der Waals surface area contributed by atoms with E-state index in [9.17, 15) is 14.4 Å². The average molecular weight is 906 g/mol. The Hall–Kier alpha value is -1.59. The molecule has 0 aromatic heterocycles. The Morgan fingerprint density at radius 3 is 0.672 bits per heavy atom. The van der Waals surface area contributed by atoms with Gasteiger partial charge in [0.25, 0.3) is 0 Å². The van der Waals surface area contributed by atoms with E-state index in [-0.39, 0.29) is 31.1 Å². The van der Waals surface area contributed by atoms with E-state index in [4.69, 9.17) is 14.2 Å². The van der Waals surface area contributed by atoms with Gasteiger partial charge in [-0.25, -0.2) is 0 Å². The smallest absolute Gasteiger partial charge is 0.306 e. The maximum Gasteiger partial charge on any atom is 0.306 e. The highest BCUT2D eigenvalue weighted by molar-refractivity contribution is 5.71. The van der Waals surface area contributed by atoms with Crippen molar-refractivity contribution in [3.8, 4) is 0 Å². The molecule has 0 spiro atoms. The van der Waals surface area contributed by atoms with Gasteiger partial charge in [0.05, 0.1) is 0 Å². The van der Waals surface area contributed by atoms with Gasteiger partial charge in [-0.1, -0.05) is 279 Å². The Morgan fingerprint density at radius 2 is 0.453 bits per heavy atom. The fourth-order valence-electron chi connectivity index (χ4n) is 8.82. The number of ether oxygens (including phenoxy) is 3. The van der Waals surface area contributed by atoms with Crippen molar-refractivity contribution in [3.05, 3.63) is 0 Å². The molecule has 0 amide bonds. The zero-order valence-electron chi connectivity index (χ0n) is 44.1. The molecule has 64 heavy (non-hydrogen) atoms. The molecule has 0 aliphatic heterocycles. The lowest BCUT2D eigenvalue weighted by molar-refractivity contribution is -0.167. The molecule has 0 aliphatic carbocycles. The fourth-order valence-corrected chi connectivity index (χ4v) is 8.82. The highest BCUT2D eigenvalue weighted by Gasteiger charge is 2.19. The predicted molar refractivity (Wildman–Crippen MR) is 275 cm³/mol. The van der Waals surface area contributed by atoms with Crippen molar-refractivity contribution in [1.29, 1.82) is 0 Å². The summed E-state index contributed by atoms with van der Waals surface area (Å²) in [6.07, 6.45) is 50.9. The van der Waals surface area contributed by atoms with Crippen molar-refractivity contribution in [1.82, 2.24) is 0 Å². The Bertz CT molecular complexity index is 991. The fraction of sp³-hybridized carbons (Fsp3) is 0.948. The lowest BCUT2D eigenvalue weighted by Crippen LogP contribution is -2.30. The van der Waals surface area contributed by atoms with E-state index in [1.165, 1.54) is 199 Å². The minimum Gasteiger partial charge on any atom is -0.462 e. The Labute approximate surface area is 399 Å². The summed E-state index contributed by atoms with van der Waals surface area (Å²) in [6, 6.07) is 0. The summed E-state index contributed by atoms with van der Waals surface area (Å²) in [7, 11) is 0. The molecule has 1 atom stereocenters. The first kappa shape index (κ1) is 62.4. The van der Waals surface area contributed by atoms with Crippen LogP contribution in [-0.4, -0.2) is 37.2 Å². The Balaban J connectivity index is 4.29. The van der Waals surface area contributed by atoms with Gasteiger partial charge in [-0.05, 0) is 37.0 Å². The van der Waals surface area contributed by atoms with Crippen molar-refractivity contribution in [3.63, 3.8) is 0 Å². The first-order chi connectivity index (χ1) is 31.1. The van der Waals surface area contributed by atoms with Crippen LogP contribution in [-0.2, 0) is 28.6 Å². The quantitative estimate of drug-likeness (QED) is 0.0344. The molecule has 0 fully saturated rings. The van der Waals surface area contributed by atoms with Gasteiger partial charge in [-0.3, -0.25) is 14.4 Å². The van der Waals surface area contributed by atoms with Crippen LogP contribution >= 0.6 is 0 Å². The van der Waals surface area contributed by atoms with Crippen LogP contribution in [0.2, 0.25) is 0 Å². The summed E-state index contributed by atoms with van der Waals surface area (Å²) in [5.74, 6) is 1.65. The largest absolute Gasteiger partial charge is 0.462 e. The van der Waals surface area contributed by atoms with E-state index < -0.39 is 6.10 Å². The molecule has 0 rings (SSSR count). The summed E-state index contributed by atoms with van der Waals surface area (Å²) >= 11 is 0. The number of carbonyl (C=O) groups is 3. The third-order valence-corrected chi connectivity index (χ3v) is 13.1. The standard InChI is InChI=1S/C58H112O6/c1-52(2)44-38-32-26-20-14-11-9-7-8-10-12-16-25-31-37-43-49-58(61)64-55(51-63-57(60)48-42-36-30-24-19-18-22-28-34-40-46-54(5)6)50-62-56(59)47-41-35-29-23-17-13-15-21-27-33-39-45-53(3)4/h52-55H,7-51H2,1-6H3/t55-/m0/s1. The molecule has 6 nitrogen and oxygen atoms in total. The topological polar surface area (TPSA) is 78.9 Å². The van der Waals surface area contributed by atoms with E-state index in [0.717, 1.165) is 75.5 Å². The molecule has 380 valence electrons. The van der Waals surface area contributed by atoms with E-state index in [1.807, 2.05) is 0 Å². The predicted octanol–water partition coefficient (Wildman–Crippen LogP) is 18.7. The highest BCUT2D eigenvalue weighted by atomic mass is 16.6. The van der Waals surface area contributed by atoms with E-state index in [0.29, 0.717) is 19.3 Å². The van der Waals surface area contributed by atoms with Gasteiger partial charge in [0.1, 0.15) is 13.2 Å². The van der Waals surface area contributed by atoms with E-state index in [2.05, 4.69) is 41.5 Å². The average Bonchev–Trinajstić information content (AvgIpc) is 3.25. The summed E-state index contributed by atoms with van der Waals surface area (Å²) in [5, 5.41) is 0. The van der Waals surface area contributed by atoms with Gasteiger partial charge in [0.2, 0.25) is 0 Å². The first-order valence-electron chi connectivity index (χ1n) is 28.6. The molecule has 0 aliphatic rings. The minimum absolute atomic E-state index is 0.0639. The Morgan fingerprint density at radius 1 is 0.266 bits per heavy atom. The molecule has 0 unspecified atom stereocenters. The second kappa shape index (κ2) is 49.3. The number of carbonyl (C=O) groups excluding carboxylic acids is 3. The van der Waals surface area contributed by atoms with Crippen molar-refractivity contribution >= 4 is 17.9 Å². The SMILES string of the molecule is CC(C)CCCCCCCCCCCCCCCCCCC(=O)O[C@@H](COC(=O)CCCCCCCCCCCCCC(C)C)COC(=O)CCCCCCCCCCCCC(C)C. The molecule has 0 heterocycles. The van der Waals surface area contributed by atoms with Crippen LogP contribution in [0, 0.1) is 17.8 Å². The van der Waals surface area contributed by atoms with Crippen molar-refractivity contribution in [2.45, 2.75) is 324 Å². The third kappa shape index (κ3) is 51.4. The van der Waals surface area contributed by atoms with Crippen molar-refractivity contribution in [2.75, 3.05) is 13.2 Å². The first-order valence-corrected chi connectivity index (χ1v) is 28.6. The molecule has 0 radical (unpaired) electrons. The van der Waals surface area contributed by atoms with Crippen LogP contribution in [0.15, 0.2) is 0 Å². The number of rotatable bonds is 51. The normalized spacial score (nSPS) is 12.1. The van der Waals surface area contributed by atoms with Gasteiger partial charge in [-0.15, -0.1) is 0 Å². The number of hydrogen-bond donors (Lipinski definition) is 0. The van der Waals surface area contributed by atoms with Crippen molar-refractivity contribution < 1.29 is 28.6 Å². The molecular weight excluding hydrogens is 793 g/mol. The summed E-state index contributed by atoms with van der Waals surface area (Å²) in [4.78, 5) is 38.1. The molecule has 6 heteroatoms. The third-order valence-electron chi connectivity index (χ3n) is 13.1. The van der Waals surface area contributed by atoms with Gasteiger partial charge in [0.15, 0.2) is 6.10 Å². The maximum atomic E-state index is 12.9. The number of hydrogen-bond acceptors (Lipinski definition) is 6. The second-order valence-corrected chi connectivity index (χ2v) is 21.4.